The Hall–Kier alpha value is -3.11. The molecule has 214 valence electrons. The maximum absolute atomic E-state index is 13.8. The number of piperazine rings is 1. The van der Waals surface area contributed by atoms with Crippen LogP contribution in [0.25, 0.3) is 22.0 Å². The van der Waals surface area contributed by atoms with Crippen molar-refractivity contribution in [2.24, 2.45) is 0 Å². The molecule has 0 unspecified atom stereocenters. The molecule has 0 bridgehead atoms. The number of ether oxygens (including phenoxy) is 2. The molecule has 2 aliphatic rings. The summed E-state index contributed by atoms with van der Waals surface area (Å²) in [6, 6.07) is 8.11. The number of methoxy groups -OCH3 is 1. The highest BCUT2D eigenvalue weighted by Crippen LogP contribution is 2.46. The Morgan fingerprint density at radius 2 is 1.80 bits per heavy atom. The molecule has 0 radical (unpaired) electrons. The van der Waals surface area contributed by atoms with Gasteiger partial charge in [-0.15, -0.1) is 11.8 Å². The molecule has 0 saturated carbocycles. The standard InChI is InChI=1S/C30H37FN4O4S/c1-17-12-23-25-26(24(17)20-8-10-21(31)11-9-20)40-16-22(15-38-7)35(25)28(36)32-27(23)33-13-18(2)34(19(3)14-33)29(37)39-30(4,5)6/h8-12,18-19,22H,13-16H2,1-7H3/t18-,19+,22-/m0/s1. The van der Waals surface area contributed by atoms with Gasteiger partial charge in [0.2, 0.25) is 0 Å². The van der Waals surface area contributed by atoms with Gasteiger partial charge >= 0.3 is 11.8 Å². The van der Waals surface area contributed by atoms with Crippen molar-refractivity contribution in [3.63, 3.8) is 0 Å². The van der Waals surface area contributed by atoms with Crippen LogP contribution in [0, 0.1) is 12.7 Å². The summed E-state index contributed by atoms with van der Waals surface area (Å²) in [4.78, 5) is 36.2. The summed E-state index contributed by atoms with van der Waals surface area (Å²) < 4.78 is 26.7. The Bertz CT molecular complexity index is 1490. The van der Waals surface area contributed by atoms with Crippen molar-refractivity contribution < 1.29 is 18.7 Å². The van der Waals surface area contributed by atoms with E-state index < -0.39 is 5.60 Å². The van der Waals surface area contributed by atoms with E-state index in [4.69, 9.17) is 9.47 Å². The maximum atomic E-state index is 13.8. The zero-order valence-electron chi connectivity index (χ0n) is 24.2. The van der Waals surface area contributed by atoms with Gasteiger partial charge in [-0.3, -0.25) is 9.47 Å². The molecule has 2 aromatic carbocycles. The number of thioether (sulfide) groups is 1. The minimum atomic E-state index is -0.587. The highest BCUT2D eigenvalue weighted by molar-refractivity contribution is 7.99. The van der Waals surface area contributed by atoms with Crippen LogP contribution in [-0.2, 0) is 9.47 Å². The average Bonchev–Trinajstić information content (AvgIpc) is 2.86. The Balaban J connectivity index is 1.64. The van der Waals surface area contributed by atoms with Crippen molar-refractivity contribution in [1.29, 1.82) is 0 Å². The van der Waals surface area contributed by atoms with Crippen LogP contribution >= 0.6 is 11.8 Å². The van der Waals surface area contributed by atoms with Crippen molar-refractivity contribution in [2.75, 3.05) is 37.5 Å². The SMILES string of the molecule is COC[C@H]1CSc2c(-c3ccc(F)cc3)c(C)cc3c(N4C[C@@H](C)N(C(=O)OC(C)(C)C)[C@@H](C)C4)nc(=O)n1c23. The van der Waals surface area contributed by atoms with E-state index in [2.05, 4.69) is 16.0 Å². The number of rotatable bonds is 4. The van der Waals surface area contributed by atoms with E-state index >= 15 is 0 Å². The molecule has 5 rings (SSSR count). The van der Waals surface area contributed by atoms with Crippen molar-refractivity contribution in [3.8, 4) is 11.1 Å². The van der Waals surface area contributed by atoms with E-state index in [1.165, 1.54) is 12.1 Å². The fraction of sp³-hybridized carbons (Fsp3) is 0.500. The number of nitrogens with zero attached hydrogens (tertiary/aromatic N) is 4. The summed E-state index contributed by atoms with van der Waals surface area (Å²) in [6.07, 6.45) is -0.337. The summed E-state index contributed by atoms with van der Waals surface area (Å²) in [7, 11) is 1.64. The van der Waals surface area contributed by atoms with Gasteiger partial charge in [0.1, 0.15) is 17.2 Å². The first kappa shape index (κ1) is 28.4. The number of carbonyl (C=O) groups excluding carboxylic acids is 1. The second-order valence-electron chi connectivity index (χ2n) is 11.8. The van der Waals surface area contributed by atoms with Crippen molar-refractivity contribution in [1.82, 2.24) is 14.5 Å². The van der Waals surface area contributed by atoms with Gasteiger partial charge in [0.25, 0.3) is 0 Å². The first-order valence-corrected chi connectivity index (χ1v) is 14.6. The number of benzene rings is 2. The van der Waals surface area contributed by atoms with Crippen LogP contribution in [-0.4, -0.2) is 70.8 Å². The van der Waals surface area contributed by atoms with Crippen LogP contribution in [0.3, 0.4) is 0 Å². The molecule has 10 heteroatoms. The number of aromatic nitrogens is 2. The van der Waals surface area contributed by atoms with Crippen LogP contribution in [0.15, 0.2) is 40.0 Å². The maximum Gasteiger partial charge on any atom is 0.410 e. The van der Waals surface area contributed by atoms with Gasteiger partial charge in [-0.2, -0.15) is 4.98 Å². The molecule has 8 nitrogen and oxygen atoms in total. The van der Waals surface area contributed by atoms with Gasteiger partial charge in [0, 0.05) is 41.8 Å². The molecule has 0 N–H and O–H groups in total. The monoisotopic (exact) mass is 568 g/mol. The molecular formula is C30H37FN4O4S. The number of aryl methyl sites for hydroxylation is 1. The van der Waals surface area contributed by atoms with Gasteiger partial charge in [-0.1, -0.05) is 12.1 Å². The molecule has 1 saturated heterocycles. The van der Waals surface area contributed by atoms with Crippen LogP contribution in [0.1, 0.15) is 46.2 Å². The molecule has 1 aromatic heterocycles. The quantitative estimate of drug-likeness (QED) is 0.403. The molecule has 1 amide bonds. The highest BCUT2D eigenvalue weighted by Gasteiger charge is 2.38. The Labute approximate surface area is 238 Å². The normalized spacial score (nSPS) is 21.1. The second kappa shape index (κ2) is 10.7. The van der Waals surface area contributed by atoms with Crippen LogP contribution in [0.2, 0.25) is 0 Å². The first-order chi connectivity index (χ1) is 18.9. The van der Waals surface area contributed by atoms with Gasteiger partial charge in [-0.25, -0.2) is 14.0 Å². The Kier molecular flexibility index (Phi) is 7.60. The number of hydrogen-bond acceptors (Lipinski definition) is 7. The third-order valence-electron chi connectivity index (χ3n) is 7.44. The lowest BCUT2D eigenvalue weighted by Crippen LogP contribution is -2.60. The molecule has 2 aliphatic heterocycles. The topological polar surface area (TPSA) is 76.9 Å². The van der Waals surface area contributed by atoms with Crippen molar-refractivity contribution in [3.05, 3.63) is 52.2 Å². The Morgan fingerprint density at radius 3 is 2.40 bits per heavy atom. The van der Waals surface area contributed by atoms with E-state index in [-0.39, 0.29) is 35.7 Å². The minimum absolute atomic E-state index is 0.152. The van der Waals surface area contributed by atoms with Gasteiger partial charge < -0.3 is 14.4 Å². The van der Waals surface area contributed by atoms with Gasteiger partial charge in [-0.05, 0) is 70.9 Å². The number of carbonyl (C=O) groups is 1. The zero-order chi connectivity index (χ0) is 28.9. The number of hydrogen-bond donors (Lipinski definition) is 0. The number of amides is 1. The first-order valence-electron chi connectivity index (χ1n) is 13.6. The zero-order valence-corrected chi connectivity index (χ0v) is 25.0. The predicted molar refractivity (Wildman–Crippen MR) is 157 cm³/mol. The average molecular weight is 569 g/mol. The van der Waals surface area contributed by atoms with E-state index in [0.717, 1.165) is 32.5 Å². The minimum Gasteiger partial charge on any atom is -0.444 e. The van der Waals surface area contributed by atoms with E-state index in [9.17, 15) is 14.0 Å². The molecule has 3 heterocycles. The lowest BCUT2D eigenvalue weighted by atomic mass is 9.97. The number of halogens is 1. The van der Waals surface area contributed by atoms with Gasteiger partial charge in [0.15, 0.2) is 0 Å². The lowest BCUT2D eigenvalue weighted by Gasteiger charge is -2.45. The molecular weight excluding hydrogens is 531 g/mol. The Morgan fingerprint density at radius 1 is 1.15 bits per heavy atom. The fourth-order valence-electron chi connectivity index (χ4n) is 5.92. The molecule has 1 fully saturated rings. The predicted octanol–water partition coefficient (Wildman–Crippen LogP) is 5.64. The molecule has 0 spiro atoms. The summed E-state index contributed by atoms with van der Waals surface area (Å²) in [5.41, 5.74) is 2.83. The van der Waals surface area contributed by atoms with Crippen LogP contribution in [0.4, 0.5) is 15.0 Å². The summed E-state index contributed by atoms with van der Waals surface area (Å²) in [5, 5.41) is 0.886. The molecule has 3 atom stereocenters. The smallest absolute Gasteiger partial charge is 0.410 e. The van der Waals surface area contributed by atoms with E-state index in [1.54, 1.807) is 40.5 Å². The summed E-state index contributed by atoms with van der Waals surface area (Å²) >= 11 is 1.69. The van der Waals surface area contributed by atoms with Crippen molar-refractivity contribution >= 4 is 34.6 Å². The van der Waals surface area contributed by atoms with Gasteiger partial charge in [0.05, 0.1) is 30.2 Å². The summed E-state index contributed by atoms with van der Waals surface area (Å²) in [6.45, 7) is 13.0. The van der Waals surface area contributed by atoms with Crippen LogP contribution in [0.5, 0.6) is 0 Å². The molecule has 0 aliphatic carbocycles. The van der Waals surface area contributed by atoms with Crippen LogP contribution < -0.4 is 10.6 Å². The largest absolute Gasteiger partial charge is 0.444 e. The fourth-order valence-corrected chi connectivity index (χ4v) is 7.29. The lowest BCUT2D eigenvalue weighted by molar-refractivity contribution is 0.00562. The second-order valence-corrected chi connectivity index (χ2v) is 12.8. The molecule has 40 heavy (non-hydrogen) atoms. The third-order valence-corrected chi connectivity index (χ3v) is 8.68. The van der Waals surface area contributed by atoms with Crippen molar-refractivity contribution in [2.45, 2.75) is 70.2 Å². The van der Waals surface area contributed by atoms with E-state index in [1.807, 2.05) is 41.5 Å². The summed E-state index contributed by atoms with van der Waals surface area (Å²) in [5.74, 6) is 0.991. The highest BCUT2D eigenvalue weighted by atomic mass is 32.2. The number of anilines is 1. The third kappa shape index (κ3) is 5.19. The van der Waals surface area contributed by atoms with E-state index in [0.29, 0.717) is 31.3 Å². The molecule has 3 aromatic rings.